The Kier molecular flexibility index (Phi) is 6.96. The number of nitrogens with zero attached hydrogens (tertiary/aromatic N) is 1. The fraction of sp³-hybridized carbons (Fsp3) is 0.688. The topological polar surface area (TPSA) is 20.3 Å². The highest BCUT2D eigenvalue weighted by Gasteiger charge is 2.20. The summed E-state index contributed by atoms with van der Waals surface area (Å²) in [4.78, 5) is 14.5. The van der Waals surface area contributed by atoms with Gasteiger partial charge in [-0.15, -0.1) is 0 Å². The molecule has 0 saturated carbocycles. The van der Waals surface area contributed by atoms with Gasteiger partial charge in [0.25, 0.3) is 0 Å². The van der Waals surface area contributed by atoms with Gasteiger partial charge in [-0.1, -0.05) is 38.5 Å². The largest absolute Gasteiger partial charge is 0.296 e. The number of piperidine rings is 1. The Morgan fingerprint density at radius 2 is 1.94 bits per heavy atom. The van der Waals surface area contributed by atoms with E-state index in [0.717, 1.165) is 31.0 Å². The molecule has 102 valence electrons. The maximum absolute atomic E-state index is 12.2. The van der Waals surface area contributed by atoms with Gasteiger partial charge in [0.05, 0.1) is 6.54 Å². The van der Waals surface area contributed by atoms with Crippen molar-refractivity contribution < 1.29 is 4.79 Å². The summed E-state index contributed by atoms with van der Waals surface area (Å²) in [6.07, 6.45) is 10.6. The molecule has 0 aromatic heterocycles. The van der Waals surface area contributed by atoms with Crippen LogP contribution in [0.3, 0.4) is 0 Å². The van der Waals surface area contributed by atoms with E-state index in [4.69, 9.17) is 0 Å². The summed E-state index contributed by atoms with van der Waals surface area (Å²) in [6, 6.07) is 0. The maximum Gasteiger partial charge on any atom is 0.176 e. The first kappa shape index (κ1) is 15.2. The lowest BCUT2D eigenvalue weighted by atomic mass is 9.94. The summed E-state index contributed by atoms with van der Waals surface area (Å²) in [5.41, 5.74) is 0.873. The average Bonchev–Trinajstić information content (AvgIpc) is 2.39. The predicted molar refractivity (Wildman–Crippen MR) is 77.7 cm³/mol. The van der Waals surface area contributed by atoms with E-state index < -0.39 is 0 Å². The summed E-state index contributed by atoms with van der Waals surface area (Å²) >= 11 is 0. The number of hydrogen-bond donors (Lipinski definition) is 0. The Morgan fingerprint density at radius 3 is 2.44 bits per heavy atom. The molecule has 0 aromatic carbocycles. The van der Waals surface area contributed by atoms with Crippen molar-refractivity contribution in [1.29, 1.82) is 0 Å². The molecule has 1 aliphatic rings. The highest BCUT2D eigenvalue weighted by Crippen LogP contribution is 2.20. The smallest absolute Gasteiger partial charge is 0.176 e. The summed E-state index contributed by atoms with van der Waals surface area (Å²) in [5, 5.41) is 0. The molecule has 1 saturated heterocycles. The lowest BCUT2D eigenvalue weighted by Gasteiger charge is -2.30. The van der Waals surface area contributed by atoms with Crippen LogP contribution in [0.5, 0.6) is 0 Å². The number of likely N-dealkylation sites (tertiary alicyclic amines) is 1. The molecule has 0 N–H and O–H groups in total. The van der Waals surface area contributed by atoms with Crippen molar-refractivity contribution in [2.24, 2.45) is 5.92 Å². The van der Waals surface area contributed by atoms with Gasteiger partial charge in [0, 0.05) is 5.57 Å². The van der Waals surface area contributed by atoms with E-state index >= 15 is 0 Å². The van der Waals surface area contributed by atoms with E-state index in [-0.39, 0.29) is 5.78 Å². The van der Waals surface area contributed by atoms with E-state index in [1.807, 2.05) is 25.2 Å². The third-order valence-electron chi connectivity index (χ3n) is 3.74. The van der Waals surface area contributed by atoms with E-state index in [9.17, 15) is 4.79 Å². The van der Waals surface area contributed by atoms with Crippen LogP contribution >= 0.6 is 0 Å². The molecule has 0 amide bonds. The Labute approximate surface area is 112 Å². The first-order valence-electron chi connectivity index (χ1n) is 7.29. The van der Waals surface area contributed by atoms with Gasteiger partial charge in [0.1, 0.15) is 0 Å². The Bertz CT molecular complexity index is 309. The molecular formula is C16H27NO. The molecule has 1 aliphatic heterocycles. The normalized spacial score (nSPS) is 19.6. The van der Waals surface area contributed by atoms with Gasteiger partial charge < -0.3 is 0 Å². The van der Waals surface area contributed by atoms with Crippen molar-refractivity contribution in [3.8, 4) is 0 Å². The Hall–Kier alpha value is -0.890. The van der Waals surface area contributed by atoms with Crippen LogP contribution in [0.2, 0.25) is 0 Å². The minimum absolute atomic E-state index is 0.268. The van der Waals surface area contributed by atoms with E-state index in [2.05, 4.69) is 18.7 Å². The number of carbonyl (C=O) groups excluding carboxylic acids is 1. The Morgan fingerprint density at radius 1 is 1.28 bits per heavy atom. The van der Waals surface area contributed by atoms with Gasteiger partial charge in [0.2, 0.25) is 0 Å². The number of Topliss-reactive ketones (excluding diaryl/α,β-unsaturated/α-hetero) is 1. The lowest BCUT2D eigenvalue weighted by Crippen LogP contribution is -2.37. The number of hydrogen-bond acceptors (Lipinski definition) is 2. The molecule has 0 aliphatic carbocycles. The second-order valence-corrected chi connectivity index (χ2v) is 5.12. The van der Waals surface area contributed by atoms with Crippen molar-refractivity contribution in [3.63, 3.8) is 0 Å². The van der Waals surface area contributed by atoms with Crippen molar-refractivity contribution in [3.05, 3.63) is 23.8 Å². The molecule has 0 bridgehead atoms. The lowest BCUT2D eigenvalue weighted by molar-refractivity contribution is -0.116. The van der Waals surface area contributed by atoms with Crippen molar-refractivity contribution in [2.45, 2.75) is 46.5 Å². The molecule has 18 heavy (non-hydrogen) atoms. The third kappa shape index (κ3) is 4.77. The van der Waals surface area contributed by atoms with Crippen LogP contribution in [-0.4, -0.2) is 30.3 Å². The highest BCUT2D eigenvalue weighted by molar-refractivity contribution is 5.99. The molecule has 1 heterocycles. The molecular weight excluding hydrogens is 222 g/mol. The zero-order valence-corrected chi connectivity index (χ0v) is 12.1. The minimum Gasteiger partial charge on any atom is -0.296 e. The number of rotatable bonds is 6. The molecule has 0 aromatic rings. The molecule has 0 atom stereocenters. The van der Waals surface area contributed by atoms with Gasteiger partial charge in [-0.3, -0.25) is 9.69 Å². The quantitative estimate of drug-likeness (QED) is 0.529. The predicted octanol–water partition coefficient (Wildman–Crippen LogP) is 3.59. The van der Waals surface area contributed by atoms with E-state index in [0.29, 0.717) is 6.54 Å². The van der Waals surface area contributed by atoms with Crippen molar-refractivity contribution >= 4 is 5.78 Å². The zero-order chi connectivity index (χ0) is 13.4. The van der Waals surface area contributed by atoms with Gasteiger partial charge in [0.15, 0.2) is 5.78 Å². The molecule has 0 unspecified atom stereocenters. The molecule has 0 radical (unpaired) electrons. The second kappa shape index (κ2) is 8.25. The molecule has 1 fully saturated rings. The maximum atomic E-state index is 12.2. The summed E-state index contributed by atoms with van der Waals surface area (Å²) in [5.74, 6) is 1.14. The number of carbonyl (C=O) groups is 1. The summed E-state index contributed by atoms with van der Waals surface area (Å²) < 4.78 is 0. The van der Waals surface area contributed by atoms with Crippen LogP contribution in [0, 0.1) is 5.92 Å². The molecule has 2 heteroatoms. The fourth-order valence-corrected chi connectivity index (χ4v) is 2.52. The minimum atomic E-state index is 0.268. The molecule has 2 nitrogen and oxygen atoms in total. The SMILES string of the molecule is C/C=C\C(=C/CC)C(=O)CN1CCC(CC)CC1. The van der Waals surface area contributed by atoms with Gasteiger partial charge in [-0.25, -0.2) is 0 Å². The summed E-state index contributed by atoms with van der Waals surface area (Å²) in [7, 11) is 0. The Balaban J connectivity index is 2.47. The van der Waals surface area contributed by atoms with Crippen LogP contribution in [0.25, 0.3) is 0 Å². The van der Waals surface area contributed by atoms with Crippen LogP contribution in [-0.2, 0) is 4.79 Å². The first-order chi connectivity index (χ1) is 8.71. The van der Waals surface area contributed by atoms with E-state index in [1.165, 1.54) is 19.3 Å². The average molecular weight is 249 g/mol. The van der Waals surface area contributed by atoms with Crippen LogP contribution in [0.15, 0.2) is 23.8 Å². The zero-order valence-electron chi connectivity index (χ0n) is 12.1. The highest BCUT2D eigenvalue weighted by atomic mass is 16.1. The fourth-order valence-electron chi connectivity index (χ4n) is 2.52. The molecule has 0 spiro atoms. The van der Waals surface area contributed by atoms with E-state index in [1.54, 1.807) is 0 Å². The number of allylic oxidation sites excluding steroid dienone is 3. The van der Waals surface area contributed by atoms with Gasteiger partial charge in [-0.05, 0) is 45.2 Å². The van der Waals surface area contributed by atoms with Gasteiger partial charge in [-0.2, -0.15) is 0 Å². The second-order valence-electron chi connectivity index (χ2n) is 5.12. The summed E-state index contributed by atoms with van der Waals surface area (Å²) in [6.45, 7) is 9.05. The first-order valence-corrected chi connectivity index (χ1v) is 7.29. The standard InChI is InChI=1S/C16H27NO/c1-4-7-15(8-5-2)16(18)13-17-11-9-14(6-3)10-12-17/h4,7-8,14H,5-6,9-13H2,1-3H3/b7-4-,15-8+. The monoisotopic (exact) mass is 249 g/mol. The van der Waals surface area contributed by atoms with Crippen LogP contribution in [0.4, 0.5) is 0 Å². The van der Waals surface area contributed by atoms with Crippen molar-refractivity contribution in [1.82, 2.24) is 4.90 Å². The van der Waals surface area contributed by atoms with Gasteiger partial charge >= 0.3 is 0 Å². The third-order valence-corrected chi connectivity index (χ3v) is 3.74. The van der Waals surface area contributed by atoms with Crippen LogP contribution in [0.1, 0.15) is 46.5 Å². The van der Waals surface area contributed by atoms with Crippen LogP contribution < -0.4 is 0 Å². The van der Waals surface area contributed by atoms with Crippen molar-refractivity contribution in [2.75, 3.05) is 19.6 Å². The molecule has 1 rings (SSSR count). The number of ketones is 1.